The van der Waals surface area contributed by atoms with Gasteiger partial charge in [-0.15, -0.1) is 5.10 Å². The number of nitrogens with zero attached hydrogens (tertiary/aromatic N) is 3. The SMILES string of the molecule is O=C(O)C(Cc1cn(Cc2ccccc2)nn1)C(=O)NS(=O)(=O)C=Cc1ccccc1. The number of benzene rings is 2. The van der Waals surface area contributed by atoms with Crippen LogP contribution >= 0.6 is 0 Å². The summed E-state index contributed by atoms with van der Waals surface area (Å²) in [4.78, 5) is 23.9. The molecule has 1 aromatic heterocycles. The number of rotatable bonds is 9. The van der Waals surface area contributed by atoms with Crippen LogP contribution in [0.1, 0.15) is 16.8 Å². The van der Waals surface area contributed by atoms with Crippen LogP contribution in [0.5, 0.6) is 0 Å². The predicted molar refractivity (Wildman–Crippen MR) is 113 cm³/mol. The summed E-state index contributed by atoms with van der Waals surface area (Å²) in [6.45, 7) is 0.427. The van der Waals surface area contributed by atoms with Gasteiger partial charge in [0.25, 0.3) is 10.0 Å². The lowest BCUT2D eigenvalue weighted by Crippen LogP contribution is -2.39. The lowest BCUT2D eigenvalue weighted by Gasteiger charge is -2.10. The van der Waals surface area contributed by atoms with E-state index in [0.29, 0.717) is 12.1 Å². The molecule has 0 saturated carbocycles. The van der Waals surface area contributed by atoms with Crippen LogP contribution < -0.4 is 4.72 Å². The molecule has 0 spiro atoms. The second kappa shape index (κ2) is 9.81. The van der Waals surface area contributed by atoms with E-state index in [2.05, 4.69) is 10.3 Å². The van der Waals surface area contributed by atoms with Crippen LogP contribution in [0.4, 0.5) is 0 Å². The highest BCUT2D eigenvalue weighted by Gasteiger charge is 2.30. The third kappa shape index (κ3) is 6.61. The topological polar surface area (TPSA) is 131 Å². The van der Waals surface area contributed by atoms with E-state index in [1.165, 1.54) is 17.0 Å². The van der Waals surface area contributed by atoms with Gasteiger partial charge in [-0.25, -0.2) is 17.8 Å². The number of amides is 1. The average molecular weight is 440 g/mol. The first-order valence-electron chi connectivity index (χ1n) is 9.28. The summed E-state index contributed by atoms with van der Waals surface area (Å²) in [7, 11) is -4.17. The van der Waals surface area contributed by atoms with Gasteiger partial charge in [-0.2, -0.15) is 0 Å². The molecule has 1 amide bonds. The van der Waals surface area contributed by atoms with Gasteiger partial charge >= 0.3 is 5.97 Å². The molecule has 0 fully saturated rings. The summed E-state index contributed by atoms with van der Waals surface area (Å²) in [5, 5.41) is 18.1. The molecule has 9 nitrogen and oxygen atoms in total. The predicted octanol–water partition coefficient (Wildman–Crippen LogP) is 1.69. The number of carbonyl (C=O) groups is 2. The molecule has 1 atom stereocenters. The average Bonchev–Trinajstić information content (AvgIpc) is 3.18. The van der Waals surface area contributed by atoms with Gasteiger partial charge in [0.15, 0.2) is 0 Å². The maximum atomic E-state index is 12.4. The van der Waals surface area contributed by atoms with Crippen LogP contribution in [0.2, 0.25) is 0 Å². The largest absolute Gasteiger partial charge is 0.481 e. The van der Waals surface area contributed by atoms with Crippen molar-refractivity contribution in [3.05, 3.63) is 89.1 Å². The van der Waals surface area contributed by atoms with Crippen LogP contribution in [0.3, 0.4) is 0 Å². The van der Waals surface area contributed by atoms with Crippen molar-refractivity contribution in [2.24, 2.45) is 5.92 Å². The lowest BCUT2D eigenvalue weighted by atomic mass is 10.0. The molecule has 2 N–H and O–H groups in total. The number of nitrogens with one attached hydrogen (secondary N) is 1. The first-order chi connectivity index (χ1) is 14.8. The molecule has 1 heterocycles. The molecule has 0 radical (unpaired) electrons. The van der Waals surface area contributed by atoms with E-state index in [0.717, 1.165) is 11.0 Å². The van der Waals surface area contributed by atoms with E-state index in [9.17, 15) is 23.1 Å². The Labute approximate surface area is 179 Å². The van der Waals surface area contributed by atoms with Gasteiger partial charge in [-0.1, -0.05) is 65.9 Å². The van der Waals surface area contributed by atoms with E-state index in [4.69, 9.17) is 0 Å². The normalized spacial score (nSPS) is 12.5. The van der Waals surface area contributed by atoms with E-state index in [1.54, 1.807) is 35.1 Å². The molecule has 0 aliphatic rings. The van der Waals surface area contributed by atoms with Crippen molar-refractivity contribution in [2.75, 3.05) is 0 Å². The van der Waals surface area contributed by atoms with Crippen LogP contribution in [0.15, 0.2) is 72.3 Å². The standard InChI is InChI=1S/C21H20N4O5S/c26-20(23-31(29,30)12-11-16-7-3-1-4-8-16)19(21(27)28)13-18-15-25(24-22-18)14-17-9-5-2-6-10-17/h1-12,15,19H,13-14H2,(H,23,26)(H,27,28). The molecular weight excluding hydrogens is 420 g/mol. The third-order valence-corrected chi connectivity index (χ3v) is 5.26. The zero-order chi connectivity index (χ0) is 22.3. The smallest absolute Gasteiger partial charge is 0.316 e. The molecule has 0 saturated heterocycles. The van der Waals surface area contributed by atoms with Gasteiger partial charge in [0, 0.05) is 12.6 Å². The van der Waals surface area contributed by atoms with Crippen molar-refractivity contribution < 1.29 is 23.1 Å². The Bertz CT molecular complexity index is 1170. The summed E-state index contributed by atoms with van der Waals surface area (Å²) in [5.74, 6) is -4.25. The maximum absolute atomic E-state index is 12.4. The molecule has 0 aliphatic heterocycles. The zero-order valence-corrected chi connectivity index (χ0v) is 17.1. The maximum Gasteiger partial charge on any atom is 0.316 e. The second-order valence-corrected chi connectivity index (χ2v) is 8.28. The molecule has 31 heavy (non-hydrogen) atoms. The molecule has 3 aromatic rings. The fourth-order valence-corrected chi connectivity index (χ4v) is 3.59. The lowest BCUT2D eigenvalue weighted by molar-refractivity contribution is -0.146. The highest BCUT2D eigenvalue weighted by atomic mass is 32.2. The van der Waals surface area contributed by atoms with Crippen molar-refractivity contribution in [3.63, 3.8) is 0 Å². The van der Waals surface area contributed by atoms with E-state index >= 15 is 0 Å². The van der Waals surface area contributed by atoms with E-state index in [-0.39, 0.29) is 12.1 Å². The minimum absolute atomic E-state index is 0.260. The summed E-state index contributed by atoms with van der Waals surface area (Å²) in [6, 6.07) is 18.1. The highest BCUT2D eigenvalue weighted by Crippen LogP contribution is 2.10. The molecule has 0 aliphatic carbocycles. The minimum Gasteiger partial charge on any atom is -0.481 e. The summed E-state index contributed by atoms with van der Waals surface area (Å²) >= 11 is 0. The Morgan fingerprint density at radius 3 is 2.35 bits per heavy atom. The fraction of sp³-hybridized carbons (Fsp3) is 0.143. The van der Waals surface area contributed by atoms with Crippen molar-refractivity contribution in [2.45, 2.75) is 13.0 Å². The number of carboxylic acid groups (broad SMARTS) is 1. The minimum atomic E-state index is -4.17. The van der Waals surface area contributed by atoms with Gasteiger partial charge in [0.05, 0.1) is 17.6 Å². The first kappa shape index (κ1) is 21.9. The number of carboxylic acids is 1. The number of aliphatic carboxylic acids is 1. The quantitative estimate of drug-likeness (QED) is 0.484. The summed E-state index contributed by atoms with van der Waals surface area (Å²) in [5.41, 5.74) is 1.85. The Morgan fingerprint density at radius 2 is 1.71 bits per heavy atom. The Hall–Kier alpha value is -3.79. The van der Waals surface area contributed by atoms with Crippen molar-refractivity contribution in [1.82, 2.24) is 19.7 Å². The molecular formula is C21H20N4O5S. The van der Waals surface area contributed by atoms with Gasteiger partial charge in [0.2, 0.25) is 5.91 Å². The first-order valence-corrected chi connectivity index (χ1v) is 10.8. The molecule has 1 unspecified atom stereocenters. The van der Waals surface area contributed by atoms with Gasteiger partial charge in [-0.3, -0.25) is 9.59 Å². The number of hydrogen-bond donors (Lipinski definition) is 2. The van der Waals surface area contributed by atoms with Crippen LogP contribution in [-0.4, -0.2) is 40.4 Å². The Kier molecular flexibility index (Phi) is 6.93. The number of aromatic nitrogens is 3. The molecule has 10 heteroatoms. The molecule has 160 valence electrons. The Balaban J connectivity index is 1.65. The monoisotopic (exact) mass is 440 g/mol. The summed E-state index contributed by atoms with van der Waals surface area (Å²) in [6.07, 6.45) is 2.54. The van der Waals surface area contributed by atoms with Crippen molar-refractivity contribution in [1.29, 1.82) is 0 Å². The van der Waals surface area contributed by atoms with Gasteiger partial charge < -0.3 is 5.11 Å². The van der Waals surface area contributed by atoms with Crippen LogP contribution in [0, 0.1) is 5.92 Å². The molecule has 3 rings (SSSR count). The second-order valence-electron chi connectivity index (χ2n) is 6.71. The molecule has 0 bridgehead atoms. The third-order valence-electron chi connectivity index (χ3n) is 4.28. The summed E-state index contributed by atoms with van der Waals surface area (Å²) < 4.78 is 27.6. The van der Waals surface area contributed by atoms with Gasteiger partial charge in [0.1, 0.15) is 5.92 Å². The van der Waals surface area contributed by atoms with E-state index < -0.39 is 27.8 Å². The zero-order valence-electron chi connectivity index (χ0n) is 16.3. The number of carbonyl (C=O) groups excluding carboxylic acids is 1. The van der Waals surface area contributed by atoms with E-state index in [1.807, 2.05) is 30.3 Å². The van der Waals surface area contributed by atoms with Gasteiger partial charge in [-0.05, 0) is 17.2 Å². The highest BCUT2D eigenvalue weighted by molar-refractivity contribution is 7.93. The Morgan fingerprint density at radius 1 is 1.06 bits per heavy atom. The van der Waals surface area contributed by atoms with Crippen molar-refractivity contribution >= 4 is 28.0 Å². The fourth-order valence-electron chi connectivity index (χ4n) is 2.76. The van der Waals surface area contributed by atoms with Crippen molar-refractivity contribution in [3.8, 4) is 0 Å². The number of sulfonamides is 1. The van der Waals surface area contributed by atoms with Crippen LogP contribution in [0.25, 0.3) is 6.08 Å². The van der Waals surface area contributed by atoms with Crippen LogP contribution in [-0.2, 0) is 32.6 Å². The number of hydrogen-bond acceptors (Lipinski definition) is 6. The molecule has 2 aromatic carbocycles.